The molecule has 0 aliphatic heterocycles. The molecule has 0 saturated heterocycles. The number of anilines is 1. The number of carboxylic acid groups (broad SMARTS) is 1. The van der Waals surface area contributed by atoms with Crippen LogP contribution in [0, 0.1) is 31.4 Å². The predicted octanol–water partition coefficient (Wildman–Crippen LogP) is 10.9. The van der Waals surface area contributed by atoms with Crippen molar-refractivity contribution in [2.45, 2.75) is 103 Å². The Bertz CT molecular complexity index is 3330. The zero-order chi connectivity index (χ0) is 56.4. The minimum atomic E-state index is -5.30. The average molecular weight is 1140 g/mol. The number of hydrogen-bond donors (Lipinski definition) is 4. The van der Waals surface area contributed by atoms with Crippen LogP contribution >= 0.6 is 31.4 Å². The number of aliphatic carboxylic acids is 1. The van der Waals surface area contributed by atoms with Gasteiger partial charge in [0.1, 0.15) is 36.2 Å². The van der Waals surface area contributed by atoms with Crippen molar-refractivity contribution < 1.29 is 82.3 Å². The molecule has 76 heavy (non-hydrogen) atoms. The molecule has 3 aromatic carbocycles. The summed E-state index contributed by atoms with van der Waals surface area (Å²) in [7, 11) is -5.30. The first-order valence-electron chi connectivity index (χ1n) is 22.6. The van der Waals surface area contributed by atoms with E-state index >= 15 is 8.78 Å². The third kappa shape index (κ3) is 12.3. The molecule has 2 atom stereocenters. The second kappa shape index (κ2) is 21.0. The Morgan fingerprint density at radius 2 is 1.62 bits per heavy atom. The highest BCUT2D eigenvalue weighted by Gasteiger charge is 2.54. The predicted molar refractivity (Wildman–Crippen MR) is 258 cm³/mol. The highest BCUT2D eigenvalue weighted by molar-refractivity contribution is 8.00. The fraction of sp³-hybridized carbons (Fsp3) is 0.375. The van der Waals surface area contributed by atoms with Crippen LogP contribution < -0.4 is 14.1 Å². The van der Waals surface area contributed by atoms with Gasteiger partial charge in [-0.3, -0.25) is 38.5 Å². The largest absolute Gasteiger partial charge is 0.524 e. The number of benzene rings is 3. The number of alkyl halides is 8. The number of nitrogens with zero attached hydrogens (tertiary/aromatic N) is 6. The van der Waals surface area contributed by atoms with Crippen molar-refractivity contribution in [3.05, 3.63) is 122 Å². The summed E-state index contributed by atoms with van der Waals surface area (Å²) in [5.41, 5.74) is -5.62. The number of nitrogens with one attached hydrogen (secondary N) is 1. The van der Waals surface area contributed by atoms with Crippen molar-refractivity contribution in [3.8, 4) is 16.9 Å². The Morgan fingerprint density at radius 1 is 0.974 bits per heavy atom. The Balaban J connectivity index is 1.38. The molecule has 0 saturated carbocycles. The van der Waals surface area contributed by atoms with Crippen molar-refractivity contribution in [2.75, 3.05) is 10.6 Å². The van der Waals surface area contributed by atoms with Crippen molar-refractivity contribution in [1.29, 1.82) is 0 Å². The van der Waals surface area contributed by atoms with Gasteiger partial charge in [-0.15, -0.1) is 0 Å². The summed E-state index contributed by atoms with van der Waals surface area (Å²) in [6.45, 7) is 3.82. The molecule has 1 aliphatic rings. The third-order valence-corrected chi connectivity index (χ3v) is 13.8. The summed E-state index contributed by atoms with van der Waals surface area (Å²) in [6.07, 6.45) is -11.4. The number of hydrogen-bond acceptors (Lipinski definition) is 9. The molecule has 1 unspecified atom stereocenters. The molecule has 2 amide bonds. The van der Waals surface area contributed by atoms with E-state index < -0.39 is 140 Å². The smallest absolute Gasteiger partial charge is 0.481 e. The lowest BCUT2D eigenvalue weighted by Crippen LogP contribution is -2.35. The monoisotopic (exact) mass is 1140 g/mol. The second-order valence-electron chi connectivity index (χ2n) is 18.8. The first-order valence-corrected chi connectivity index (χ1v) is 25.7. The molecule has 0 fully saturated rings. The summed E-state index contributed by atoms with van der Waals surface area (Å²) < 4.78 is 166. The number of carboxylic acids is 1. The minimum absolute atomic E-state index is 0.0215. The van der Waals surface area contributed by atoms with Crippen molar-refractivity contribution in [2.24, 2.45) is 5.92 Å². The van der Waals surface area contributed by atoms with Crippen LogP contribution in [0.1, 0.15) is 83.8 Å². The molecule has 0 radical (unpaired) electrons. The summed E-state index contributed by atoms with van der Waals surface area (Å²) in [4.78, 5) is 64.9. The summed E-state index contributed by atoms with van der Waals surface area (Å²) >= 11 is 7.48. The van der Waals surface area contributed by atoms with E-state index in [1.807, 2.05) is 0 Å². The molecule has 6 aromatic rings. The number of carbonyl (C=O) groups excluding carboxylic acids is 2. The number of amides is 2. The van der Waals surface area contributed by atoms with E-state index in [0.717, 1.165) is 23.4 Å². The van der Waals surface area contributed by atoms with Crippen LogP contribution in [0.2, 0.25) is 5.02 Å². The van der Waals surface area contributed by atoms with Crippen molar-refractivity contribution in [1.82, 2.24) is 29.9 Å². The van der Waals surface area contributed by atoms with Gasteiger partial charge in [0.2, 0.25) is 11.8 Å². The molecule has 0 bridgehead atoms. The molecule has 7 rings (SSSR count). The zero-order valence-corrected chi connectivity index (χ0v) is 43.1. The van der Waals surface area contributed by atoms with E-state index in [-0.39, 0.29) is 59.8 Å². The first-order chi connectivity index (χ1) is 35.1. The SMILES string of the molecule is CSN(C(=O)CC(C)(C)c1c(CC(=O)O)cc(C)cc1OP(=O)(O)O)c1nn(CC(F)(F)F)c2c(-c3ccc(C)nc3C(Cc3cc(F)cc(F)c3)NC(=O)Cn3nc(C(F)(F)F)c4c3C(F)(F)[C@H](C)C4)ccc(Cl)c12. The second-order valence-corrected chi connectivity index (χ2v) is 21.1. The van der Waals surface area contributed by atoms with Crippen LogP contribution in [0.3, 0.4) is 0 Å². The fourth-order valence-corrected chi connectivity index (χ4v) is 10.8. The number of aromatic nitrogens is 5. The highest BCUT2D eigenvalue weighted by Crippen LogP contribution is 2.51. The quantitative estimate of drug-likeness (QED) is 0.0383. The van der Waals surface area contributed by atoms with Gasteiger partial charge >= 0.3 is 26.1 Å². The van der Waals surface area contributed by atoms with Crippen LogP contribution in [-0.4, -0.2) is 69.7 Å². The van der Waals surface area contributed by atoms with Gasteiger partial charge in [-0.05, 0) is 85.7 Å². The van der Waals surface area contributed by atoms with Crippen molar-refractivity contribution in [3.63, 3.8) is 0 Å². The van der Waals surface area contributed by atoms with Gasteiger partial charge in [0, 0.05) is 58.0 Å². The van der Waals surface area contributed by atoms with Gasteiger partial charge in [-0.25, -0.2) is 17.7 Å². The molecule has 15 nitrogen and oxygen atoms in total. The normalized spacial score (nSPS) is 15.2. The summed E-state index contributed by atoms with van der Waals surface area (Å²) in [6, 6.07) is 8.63. The molecular weight excluding hydrogens is 1090 g/mol. The lowest BCUT2D eigenvalue weighted by atomic mass is 9.77. The van der Waals surface area contributed by atoms with E-state index in [1.54, 1.807) is 0 Å². The molecular formula is C48H45ClF10N7O8PS. The Kier molecular flexibility index (Phi) is 15.9. The molecule has 408 valence electrons. The van der Waals surface area contributed by atoms with Crippen LogP contribution in [-0.2, 0) is 68.8 Å². The summed E-state index contributed by atoms with van der Waals surface area (Å²) in [5.74, 6) is -12.0. The average Bonchev–Trinajstić information content (AvgIpc) is 3.87. The number of phosphoric acid groups is 1. The Hall–Kier alpha value is -6.21. The maximum atomic E-state index is 15.5. The molecule has 3 heterocycles. The van der Waals surface area contributed by atoms with Gasteiger partial charge in [0.05, 0.1) is 34.1 Å². The highest BCUT2D eigenvalue weighted by atomic mass is 35.5. The van der Waals surface area contributed by atoms with Crippen LogP contribution in [0.4, 0.5) is 49.7 Å². The zero-order valence-electron chi connectivity index (χ0n) is 40.7. The number of fused-ring (bicyclic) bond motifs is 2. The first kappa shape index (κ1) is 57.5. The molecule has 1 aliphatic carbocycles. The standard InChI is InChI=1S/C48H45ClF10N7O8PS/c1-22-11-26(17-37(69)70)39(34(12-22)74-75(71,72)73)45(4,5)19-36(68)66(76-6)44-38-32(49)10-9-30(41(38)65(63-44)21-46(52,53)54)29-8-7-24(3)60-40(29)33(16-25-14-27(50)18-28(51)15-25)61-35(67)20-64-43-31(13-23(2)47(43,55)56)42(62-64)48(57,58)59/h7-12,14-15,18,23,33H,13,16-17,19-21H2,1-6H3,(H,61,67)(H,69,70)(H2,71,72,73)/t23-,33?/m1/s1. The van der Waals surface area contributed by atoms with Gasteiger partial charge < -0.3 is 14.9 Å². The number of aryl methyl sites for hydroxylation is 2. The number of rotatable bonds is 17. The van der Waals surface area contributed by atoms with Gasteiger partial charge in [-0.2, -0.15) is 45.3 Å². The maximum Gasteiger partial charge on any atom is 0.524 e. The van der Waals surface area contributed by atoms with E-state index in [2.05, 4.69) is 20.5 Å². The number of pyridine rings is 1. The number of halogens is 11. The lowest BCUT2D eigenvalue weighted by molar-refractivity contribution is -0.143. The van der Waals surface area contributed by atoms with Crippen LogP contribution in [0.15, 0.2) is 54.6 Å². The van der Waals surface area contributed by atoms with Gasteiger partial charge in [0.15, 0.2) is 11.5 Å². The molecule has 4 N–H and O–H groups in total. The Morgan fingerprint density at radius 3 is 2.21 bits per heavy atom. The molecule has 28 heteroatoms. The van der Waals surface area contributed by atoms with E-state index in [4.69, 9.17) is 16.1 Å². The van der Waals surface area contributed by atoms with Gasteiger partial charge in [0.25, 0.3) is 5.92 Å². The van der Waals surface area contributed by atoms with Gasteiger partial charge in [-0.1, -0.05) is 50.6 Å². The molecule has 0 spiro atoms. The van der Waals surface area contributed by atoms with E-state index in [9.17, 15) is 69.0 Å². The third-order valence-electron chi connectivity index (χ3n) is 12.4. The lowest BCUT2D eigenvalue weighted by Gasteiger charge is -2.31. The molecule has 3 aromatic heterocycles. The van der Waals surface area contributed by atoms with Crippen LogP contribution in [0.25, 0.3) is 22.0 Å². The Labute approximate surface area is 434 Å². The van der Waals surface area contributed by atoms with E-state index in [0.29, 0.717) is 28.3 Å². The minimum Gasteiger partial charge on any atom is -0.481 e. The number of carbonyl (C=O) groups is 3. The van der Waals surface area contributed by atoms with E-state index in [1.165, 1.54) is 70.3 Å². The van der Waals surface area contributed by atoms with Crippen LogP contribution in [0.5, 0.6) is 5.75 Å². The number of phosphoric ester groups is 1. The fourth-order valence-electron chi connectivity index (χ4n) is 9.55. The summed E-state index contributed by atoms with van der Waals surface area (Å²) in [5, 5.41) is 19.4. The topological polar surface area (TPSA) is 202 Å². The maximum absolute atomic E-state index is 15.5. The van der Waals surface area contributed by atoms with Crippen molar-refractivity contribution >= 4 is 65.9 Å².